The molecular formula is C25H26N2O4. The molecular weight excluding hydrogens is 392 g/mol. The SMILES string of the molecule is CON=C(COc1ccc(CNc2ccc(CCC(=O)O)cc2)cc1)c1ccccc1. The van der Waals surface area contributed by atoms with E-state index in [2.05, 4.69) is 10.5 Å². The first-order valence-electron chi connectivity index (χ1n) is 10.1. The Balaban J connectivity index is 1.50. The molecule has 3 rings (SSSR count). The molecule has 0 aliphatic rings. The molecule has 0 fully saturated rings. The van der Waals surface area contributed by atoms with E-state index < -0.39 is 5.97 Å². The molecule has 6 heteroatoms. The highest BCUT2D eigenvalue weighted by atomic mass is 16.6. The van der Waals surface area contributed by atoms with Crippen molar-refractivity contribution in [3.8, 4) is 5.75 Å². The molecule has 2 N–H and O–H groups in total. The van der Waals surface area contributed by atoms with Gasteiger partial charge in [0.05, 0.1) is 0 Å². The zero-order chi connectivity index (χ0) is 21.9. The van der Waals surface area contributed by atoms with Gasteiger partial charge in [-0.25, -0.2) is 0 Å². The van der Waals surface area contributed by atoms with Crippen LogP contribution in [0.15, 0.2) is 84.0 Å². The Labute approximate surface area is 182 Å². The minimum Gasteiger partial charge on any atom is -0.487 e. The summed E-state index contributed by atoms with van der Waals surface area (Å²) < 4.78 is 5.87. The normalized spacial score (nSPS) is 11.1. The van der Waals surface area contributed by atoms with Crippen LogP contribution in [-0.4, -0.2) is 30.5 Å². The zero-order valence-corrected chi connectivity index (χ0v) is 17.5. The van der Waals surface area contributed by atoms with Crippen molar-refractivity contribution >= 4 is 17.4 Å². The van der Waals surface area contributed by atoms with Crippen molar-refractivity contribution in [3.63, 3.8) is 0 Å². The fourth-order valence-electron chi connectivity index (χ4n) is 3.00. The molecule has 0 unspecified atom stereocenters. The number of nitrogens with zero attached hydrogens (tertiary/aromatic N) is 1. The molecule has 0 aliphatic heterocycles. The molecule has 0 spiro atoms. The van der Waals surface area contributed by atoms with Gasteiger partial charge in [0.15, 0.2) is 0 Å². The molecule has 0 aliphatic carbocycles. The summed E-state index contributed by atoms with van der Waals surface area (Å²) >= 11 is 0. The third kappa shape index (κ3) is 7.19. The maximum atomic E-state index is 10.7. The standard InChI is InChI=1S/C25H26N2O4/c1-30-27-24(21-5-3-2-4-6-21)18-31-23-14-9-20(10-15-23)17-26-22-12-7-19(8-13-22)11-16-25(28)29/h2-10,12-15,26H,11,16-18H2,1H3,(H,28,29). The van der Waals surface area contributed by atoms with E-state index >= 15 is 0 Å². The predicted molar refractivity (Wildman–Crippen MR) is 122 cm³/mol. The summed E-state index contributed by atoms with van der Waals surface area (Å²) in [5.74, 6) is -0.0248. The van der Waals surface area contributed by atoms with Crippen LogP contribution in [0.25, 0.3) is 0 Å². The first kappa shape index (κ1) is 21.9. The average molecular weight is 418 g/mol. The molecule has 0 bridgehead atoms. The predicted octanol–water partition coefficient (Wildman–Crippen LogP) is 4.75. The van der Waals surface area contributed by atoms with Crippen molar-refractivity contribution in [3.05, 3.63) is 95.6 Å². The van der Waals surface area contributed by atoms with E-state index in [1.807, 2.05) is 78.9 Å². The van der Waals surface area contributed by atoms with Gasteiger partial charge in [-0.05, 0) is 41.8 Å². The Morgan fingerprint density at radius 2 is 1.61 bits per heavy atom. The highest BCUT2D eigenvalue weighted by Gasteiger charge is 2.06. The number of aryl methyl sites for hydroxylation is 1. The largest absolute Gasteiger partial charge is 0.487 e. The van der Waals surface area contributed by atoms with Crippen molar-refractivity contribution in [2.75, 3.05) is 19.0 Å². The topological polar surface area (TPSA) is 80.2 Å². The molecule has 0 saturated carbocycles. The lowest BCUT2D eigenvalue weighted by Gasteiger charge is -2.10. The molecule has 0 atom stereocenters. The number of benzene rings is 3. The Hall–Kier alpha value is -3.80. The average Bonchev–Trinajstić information content (AvgIpc) is 2.81. The van der Waals surface area contributed by atoms with Gasteiger partial charge in [0.1, 0.15) is 25.2 Å². The van der Waals surface area contributed by atoms with Gasteiger partial charge in [0.25, 0.3) is 0 Å². The smallest absolute Gasteiger partial charge is 0.303 e. The molecule has 3 aromatic rings. The molecule has 31 heavy (non-hydrogen) atoms. The highest BCUT2D eigenvalue weighted by molar-refractivity contribution is 6.01. The van der Waals surface area contributed by atoms with Crippen LogP contribution >= 0.6 is 0 Å². The van der Waals surface area contributed by atoms with Gasteiger partial charge in [-0.2, -0.15) is 0 Å². The Bertz CT molecular complexity index is 984. The number of oxime groups is 1. The van der Waals surface area contributed by atoms with E-state index in [1.165, 1.54) is 7.11 Å². The van der Waals surface area contributed by atoms with Crippen LogP contribution in [0, 0.1) is 0 Å². The fourth-order valence-corrected chi connectivity index (χ4v) is 3.00. The van der Waals surface area contributed by atoms with Crippen LogP contribution in [0.1, 0.15) is 23.1 Å². The Kier molecular flexibility index (Phi) is 8.05. The summed E-state index contributed by atoms with van der Waals surface area (Å²) in [5, 5.41) is 16.2. The van der Waals surface area contributed by atoms with Crippen molar-refractivity contribution in [1.82, 2.24) is 0 Å². The number of nitrogens with one attached hydrogen (secondary N) is 1. The van der Waals surface area contributed by atoms with Crippen molar-refractivity contribution in [2.24, 2.45) is 5.16 Å². The van der Waals surface area contributed by atoms with E-state index in [0.29, 0.717) is 19.6 Å². The van der Waals surface area contributed by atoms with E-state index in [-0.39, 0.29) is 6.42 Å². The van der Waals surface area contributed by atoms with Crippen LogP contribution in [0.4, 0.5) is 5.69 Å². The number of anilines is 1. The van der Waals surface area contributed by atoms with Crippen molar-refractivity contribution in [1.29, 1.82) is 0 Å². The number of rotatable bonds is 11. The maximum Gasteiger partial charge on any atom is 0.303 e. The van der Waals surface area contributed by atoms with Crippen molar-refractivity contribution in [2.45, 2.75) is 19.4 Å². The number of aliphatic carboxylic acids is 1. The number of hydrogen-bond donors (Lipinski definition) is 2. The van der Waals surface area contributed by atoms with Crippen LogP contribution in [0.3, 0.4) is 0 Å². The second kappa shape index (κ2) is 11.4. The summed E-state index contributed by atoms with van der Waals surface area (Å²) in [6.45, 7) is 0.985. The minimum atomic E-state index is -0.781. The second-order valence-corrected chi connectivity index (χ2v) is 6.96. The quantitative estimate of drug-likeness (QED) is 0.347. The molecule has 0 aromatic heterocycles. The molecule has 0 heterocycles. The van der Waals surface area contributed by atoms with Crippen LogP contribution < -0.4 is 10.1 Å². The number of carboxylic acid groups (broad SMARTS) is 1. The van der Waals surface area contributed by atoms with Gasteiger partial charge in [-0.3, -0.25) is 4.79 Å². The monoisotopic (exact) mass is 418 g/mol. The van der Waals surface area contributed by atoms with Crippen LogP contribution in [-0.2, 0) is 22.6 Å². The molecule has 0 saturated heterocycles. The van der Waals surface area contributed by atoms with Crippen molar-refractivity contribution < 1.29 is 19.5 Å². The zero-order valence-electron chi connectivity index (χ0n) is 17.5. The second-order valence-electron chi connectivity index (χ2n) is 6.96. The summed E-state index contributed by atoms with van der Waals surface area (Å²) in [6.07, 6.45) is 0.684. The van der Waals surface area contributed by atoms with E-state index in [9.17, 15) is 4.79 Å². The first-order valence-corrected chi connectivity index (χ1v) is 10.1. The summed E-state index contributed by atoms with van der Waals surface area (Å²) in [6, 6.07) is 25.5. The van der Waals surface area contributed by atoms with E-state index in [0.717, 1.165) is 33.8 Å². The highest BCUT2D eigenvalue weighted by Crippen LogP contribution is 2.16. The third-order valence-corrected chi connectivity index (χ3v) is 4.69. The molecule has 0 amide bonds. The van der Waals surface area contributed by atoms with Crippen LogP contribution in [0.5, 0.6) is 5.75 Å². The van der Waals surface area contributed by atoms with Gasteiger partial charge in [0.2, 0.25) is 0 Å². The van der Waals surface area contributed by atoms with E-state index in [1.54, 1.807) is 0 Å². The number of ether oxygens (including phenoxy) is 1. The first-order chi connectivity index (χ1) is 15.1. The van der Waals surface area contributed by atoms with Gasteiger partial charge in [0, 0.05) is 24.2 Å². The fraction of sp³-hybridized carbons (Fsp3) is 0.200. The van der Waals surface area contributed by atoms with Gasteiger partial charge in [-0.15, -0.1) is 0 Å². The van der Waals surface area contributed by atoms with Gasteiger partial charge in [-0.1, -0.05) is 59.8 Å². The lowest BCUT2D eigenvalue weighted by molar-refractivity contribution is -0.136. The summed E-state index contributed by atoms with van der Waals surface area (Å²) in [4.78, 5) is 15.6. The number of hydrogen-bond acceptors (Lipinski definition) is 5. The van der Waals surface area contributed by atoms with Crippen LogP contribution in [0.2, 0.25) is 0 Å². The minimum absolute atomic E-state index is 0.144. The van der Waals surface area contributed by atoms with Gasteiger partial charge < -0.3 is 20.0 Å². The summed E-state index contributed by atoms with van der Waals surface area (Å²) in [7, 11) is 1.52. The third-order valence-electron chi connectivity index (χ3n) is 4.69. The Morgan fingerprint density at radius 3 is 2.26 bits per heavy atom. The number of carboxylic acids is 1. The maximum absolute atomic E-state index is 10.7. The molecule has 6 nitrogen and oxygen atoms in total. The summed E-state index contributed by atoms with van der Waals surface area (Å²) in [5.41, 5.74) is 4.81. The van der Waals surface area contributed by atoms with Gasteiger partial charge >= 0.3 is 5.97 Å². The molecule has 0 radical (unpaired) electrons. The molecule has 160 valence electrons. The lowest BCUT2D eigenvalue weighted by atomic mass is 10.1. The number of carbonyl (C=O) groups is 1. The Morgan fingerprint density at radius 1 is 0.935 bits per heavy atom. The van der Waals surface area contributed by atoms with E-state index in [4.69, 9.17) is 14.7 Å². The molecule has 3 aromatic carbocycles. The lowest BCUT2D eigenvalue weighted by Crippen LogP contribution is -2.13.